The largest absolute Gasteiger partial charge is 0.508 e. The van der Waals surface area contributed by atoms with E-state index in [0.29, 0.717) is 13.0 Å². The summed E-state index contributed by atoms with van der Waals surface area (Å²) >= 11 is 4.10. The van der Waals surface area contributed by atoms with Gasteiger partial charge in [0.2, 0.25) is 5.91 Å². The van der Waals surface area contributed by atoms with Crippen molar-refractivity contribution in [3.63, 3.8) is 0 Å². The van der Waals surface area contributed by atoms with Crippen LogP contribution in [0.3, 0.4) is 0 Å². The minimum absolute atomic E-state index is 0.0972. The van der Waals surface area contributed by atoms with Gasteiger partial charge < -0.3 is 26.0 Å². The highest BCUT2D eigenvalue weighted by Crippen LogP contribution is 2.24. The first-order chi connectivity index (χ1) is 12.8. The number of carbonyl (C=O) groups is 2. The molecule has 0 aromatic heterocycles. The first-order valence-electron chi connectivity index (χ1n) is 8.31. The van der Waals surface area contributed by atoms with E-state index < -0.39 is 17.7 Å². The molecule has 0 unspecified atom stereocenters. The smallest absolute Gasteiger partial charge is 0.252 e. The summed E-state index contributed by atoms with van der Waals surface area (Å²) in [4.78, 5) is 24.5. The molecule has 1 atom stereocenters. The number of carbonyl (C=O) groups excluding carboxylic acids is 2. The Bertz CT molecular complexity index is 841. The second-order valence-corrected chi connectivity index (χ2v) is 6.44. The molecule has 2 aromatic rings. The molecular weight excluding hydrogens is 368 g/mol. The zero-order chi connectivity index (χ0) is 20.0. The zero-order valence-corrected chi connectivity index (χ0v) is 15.7. The van der Waals surface area contributed by atoms with Gasteiger partial charge in [-0.3, -0.25) is 9.59 Å². The predicted octanol–water partition coefficient (Wildman–Crippen LogP) is 1.50. The number of rotatable bonds is 7. The van der Waals surface area contributed by atoms with Crippen molar-refractivity contribution in [2.45, 2.75) is 19.4 Å². The molecule has 144 valence electrons. The Morgan fingerprint density at radius 2 is 1.74 bits per heavy atom. The summed E-state index contributed by atoms with van der Waals surface area (Å²) in [6.45, 7) is 2.16. The van der Waals surface area contributed by atoms with E-state index in [1.165, 1.54) is 12.1 Å². The standard InChI is InChI=1S/C19H22N2O5S/c1-11-8-12(2-4-15(11)22)6-7-20-19(26)14(10-27)21-18(25)13-3-5-16(23)17(24)9-13/h2-5,8-9,14,22-24,27H,6-7,10H2,1H3,(H,20,26)(H,21,25)/t14-/m0/s1. The number of nitrogens with one attached hydrogen (secondary N) is 2. The van der Waals surface area contributed by atoms with Crippen molar-refractivity contribution in [1.82, 2.24) is 10.6 Å². The molecule has 0 saturated carbocycles. The van der Waals surface area contributed by atoms with Crippen molar-refractivity contribution in [2.75, 3.05) is 12.3 Å². The van der Waals surface area contributed by atoms with Crippen LogP contribution in [0, 0.1) is 6.92 Å². The maximum Gasteiger partial charge on any atom is 0.252 e. The van der Waals surface area contributed by atoms with E-state index in [-0.39, 0.29) is 28.7 Å². The van der Waals surface area contributed by atoms with Gasteiger partial charge >= 0.3 is 0 Å². The predicted molar refractivity (Wildman–Crippen MR) is 104 cm³/mol. The molecule has 0 aliphatic heterocycles. The summed E-state index contributed by atoms with van der Waals surface area (Å²) in [5, 5.41) is 33.6. The molecule has 5 N–H and O–H groups in total. The van der Waals surface area contributed by atoms with E-state index in [0.717, 1.165) is 17.2 Å². The van der Waals surface area contributed by atoms with Gasteiger partial charge in [-0.1, -0.05) is 12.1 Å². The number of aromatic hydroxyl groups is 3. The van der Waals surface area contributed by atoms with Crippen LogP contribution in [-0.4, -0.2) is 45.5 Å². The molecule has 0 spiro atoms. The summed E-state index contributed by atoms with van der Waals surface area (Å²) in [5.41, 5.74) is 1.84. The topological polar surface area (TPSA) is 119 Å². The number of amides is 2. The number of aryl methyl sites for hydroxylation is 1. The van der Waals surface area contributed by atoms with E-state index >= 15 is 0 Å². The fraction of sp³-hybridized carbons (Fsp3) is 0.263. The van der Waals surface area contributed by atoms with Gasteiger partial charge in [-0.2, -0.15) is 12.6 Å². The molecule has 2 rings (SSSR count). The highest BCUT2D eigenvalue weighted by molar-refractivity contribution is 7.80. The lowest BCUT2D eigenvalue weighted by Crippen LogP contribution is -2.48. The van der Waals surface area contributed by atoms with Gasteiger partial charge in [0.1, 0.15) is 11.8 Å². The Labute approximate surface area is 162 Å². The van der Waals surface area contributed by atoms with Crippen LogP contribution in [0.4, 0.5) is 0 Å². The molecule has 0 aliphatic carbocycles. The minimum Gasteiger partial charge on any atom is -0.508 e. The number of phenolic OH excluding ortho intramolecular Hbond substituents is 3. The highest BCUT2D eigenvalue weighted by Gasteiger charge is 2.20. The minimum atomic E-state index is -0.849. The van der Waals surface area contributed by atoms with Crippen molar-refractivity contribution >= 4 is 24.4 Å². The summed E-state index contributed by atoms with van der Waals surface area (Å²) in [6.07, 6.45) is 0.575. The van der Waals surface area contributed by atoms with Crippen molar-refractivity contribution in [3.8, 4) is 17.2 Å². The van der Waals surface area contributed by atoms with Crippen molar-refractivity contribution < 1.29 is 24.9 Å². The van der Waals surface area contributed by atoms with Crippen LogP contribution in [0.5, 0.6) is 17.2 Å². The van der Waals surface area contributed by atoms with Gasteiger partial charge in [0.05, 0.1) is 0 Å². The SMILES string of the molecule is Cc1cc(CCNC(=O)[C@H](CS)NC(=O)c2ccc(O)c(O)c2)ccc1O. The molecule has 2 aromatic carbocycles. The lowest BCUT2D eigenvalue weighted by atomic mass is 10.1. The Morgan fingerprint density at radius 3 is 2.37 bits per heavy atom. The fourth-order valence-corrected chi connectivity index (χ4v) is 2.68. The third-order valence-electron chi connectivity index (χ3n) is 4.02. The van der Waals surface area contributed by atoms with E-state index in [1.807, 2.05) is 6.07 Å². The van der Waals surface area contributed by atoms with Crippen LogP contribution in [0.15, 0.2) is 36.4 Å². The van der Waals surface area contributed by atoms with Gasteiger partial charge in [0, 0.05) is 17.9 Å². The molecule has 0 fully saturated rings. The van der Waals surface area contributed by atoms with Gasteiger partial charge in [0.15, 0.2) is 11.5 Å². The van der Waals surface area contributed by atoms with Crippen LogP contribution in [0.2, 0.25) is 0 Å². The number of phenols is 3. The second kappa shape index (κ2) is 9.18. The molecule has 27 heavy (non-hydrogen) atoms. The summed E-state index contributed by atoms with van der Waals surface area (Å²) in [7, 11) is 0. The normalized spacial score (nSPS) is 11.6. The van der Waals surface area contributed by atoms with Crippen LogP contribution < -0.4 is 10.6 Å². The number of benzene rings is 2. The Balaban J connectivity index is 1.89. The highest BCUT2D eigenvalue weighted by atomic mass is 32.1. The molecule has 2 amide bonds. The lowest BCUT2D eigenvalue weighted by molar-refractivity contribution is -0.122. The number of thiol groups is 1. The maximum absolute atomic E-state index is 12.3. The molecule has 8 heteroatoms. The summed E-state index contributed by atoms with van der Waals surface area (Å²) in [6, 6.07) is 8.03. The van der Waals surface area contributed by atoms with Gasteiger partial charge in [-0.25, -0.2) is 0 Å². The van der Waals surface area contributed by atoms with Gasteiger partial charge in [-0.15, -0.1) is 0 Å². The average molecular weight is 390 g/mol. The Kier molecular flexibility index (Phi) is 6.95. The summed E-state index contributed by atoms with van der Waals surface area (Å²) < 4.78 is 0. The van der Waals surface area contributed by atoms with E-state index in [2.05, 4.69) is 23.3 Å². The number of hydrogen-bond donors (Lipinski definition) is 6. The lowest BCUT2D eigenvalue weighted by Gasteiger charge is -2.17. The molecule has 0 radical (unpaired) electrons. The van der Waals surface area contributed by atoms with Crippen LogP contribution in [0.25, 0.3) is 0 Å². The second-order valence-electron chi connectivity index (χ2n) is 6.07. The monoisotopic (exact) mass is 390 g/mol. The molecule has 0 saturated heterocycles. The van der Waals surface area contributed by atoms with Crippen molar-refractivity contribution in [1.29, 1.82) is 0 Å². The maximum atomic E-state index is 12.3. The average Bonchev–Trinajstić information content (AvgIpc) is 2.64. The molecule has 0 bridgehead atoms. The van der Waals surface area contributed by atoms with Crippen LogP contribution in [-0.2, 0) is 11.2 Å². The molecule has 0 aliphatic rings. The van der Waals surface area contributed by atoms with Crippen molar-refractivity contribution in [3.05, 3.63) is 53.1 Å². The van der Waals surface area contributed by atoms with Gasteiger partial charge in [0.25, 0.3) is 5.91 Å². The Morgan fingerprint density at radius 1 is 1.04 bits per heavy atom. The van der Waals surface area contributed by atoms with Gasteiger partial charge in [-0.05, 0) is 48.7 Å². The molecule has 7 nitrogen and oxygen atoms in total. The Hall–Kier alpha value is -2.87. The molecule has 0 heterocycles. The quantitative estimate of drug-likeness (QED) is 0.316. The first kappa shape index (κ1) is 20.4. The fourth-order valence-electron chi connectivity index (χ4n) is 2.43. The molecular formula is C19H22N2O5S. The third kappa shape index (κ3) is 5.55. The van der Waals surface area contributed by atoms with Crippen molar-refractivity contribution in [2.24, 2.45) is 0 Å². The summed E-state index contributed by atoms with van der Waals surface area (Å²) in [5.74, 6) is -1.37. The van der Waals surface area contributed by atoms with E-state index in [9.17, 15) is 24.9 Å². The zero-order valence-electron chi connectivity index (χ0n) is 14.8. The van der Waals surface area contributed by atoms with Crippen LogP contribution in [0.1, 0.15) is 21.5 Å². The van der Waals surface area contributed by atoms with E-state index in [4.69, 9.17) is 0 Å². The number of hydrogen-bond acceptors (Lipinski definition) is 6. The third-order valence-corrected chi connectivity index (χ3v) is 4.38. The van der Waals surface area contributed by atoms with E-state index in [1.54, 1.807) is 19.1 Å². The van der Waals surface area contributed by atoms with Crippen LogP contribution >= 0.6 is 12.6 Å². The first-order valence-corrected chi connectivity index (χ1v) is 8.95.